The smallest absolute Gasteiger partial charge is 0.177 e. The Balaban J connectivity index is 2.30. The van der Waals surface area contributed by atoms with Crippen LogP contribution in [0.1, 0.15) is 15.9 Å². The number of ketones is 1. The van der Waals surface area contributed by atoms with Gasteiger partial charge in [-0.2, -0.15) is 0 Å². The molecule has 2 aromatic carbocycles. The fourth-order valence-corrected chi connectivity index (χ4v) is 2.55. The first-order valence-electron chi connectivity index (χ1n) is 6.44. The van der Waals surface area contributed by atoms with Crippen molar-refractivity contribution in [3.63, 3.8) is 0 Å². The van der Waals surface area contributed by atoms with Gasteiger partial charge < -0.3 is 15.2 Å². The van der Waals surface area contributed by atoms with Gasteiger partial charge in [-0.3, -0.25) is 4.79 Å². The molecule has 0 unspecified atom stereocenters. The molecule has 110 valence electrons. The summed E-state index contributed by atoms with van der Waals surface area (Å²) in [5.74, 6) is 0.904. The van der Waals surface area contributed by atoms with Crippen LogP contribution in [0.3, 0.4) is 0 Å². The molecule has 0 atom stereocenters. The third kappa shape index (κ3) is 3.62. The number of rotatable bonds is 6. The number of ether oxygens (including phenoxy) is 2. The number of hydrogen-bond donors (Lipinski definition) is 1. The highest BCUT2D eigenvalue weighted by molar-refractivity contribution is 9.10. The number of halogens is 1. The van der Waals surface area contributed by atoms with E-state index in [0.29, 0.717) is 28.1 Å². The molecule has 21 heavy (non-hydrogen) atoms. The monoisotopic (exact) mass is 349 g/mol. The summed E-state index contributed by atoms with van der Waals surface area (Å²) in [5, 5.41) is 0. The van der Waals surface area contributed by atoms with E-state index in [1.54, 1.807) is 19.2 Å². The van der Waals surface area contributed by atoms with Crippen molar-refractivity contribution in [1.82, 2.24) is 0 Å². The molecule has 5 heteroatoms. The van der Waals surface area contributed by atoms with E-state index in [4.69, 9.17) is 15.2 Å². The predicted molar refractivity (Wildman–Crippen MR) is 84.9 cm³/mol. The van der Waals surface area contributed by atoms with Gasteiger partial charge in [-0.1, -0.05) is 30.3 Å². The van der Waals surface area contributed by atoms with Crippen LogP contribution in [0.2, 0.25) is 0 Å². The molecule has 4 nitrogen and oxygen atoms in total. The minimum atomic E-state index is -0.158. The zero-order chi connectivity index (χ0) is 15.2. The summed E-state index contributed by atoms with van der Waals surface area (Å²) in [4.78, 5) is 11.8. The highest BCUT2D eigenvalue weighted by Gasteiger charge is 2.17. The van der Waals surface area contributed by atoms with Crippen molar-refractivity contribution >= 4 is 21.7 Å². The lowest BCUT2D eigenvalue weighted by molar-refractivity contribution is 0.1000. The summed E-state index contributed by atoms with van der Waals surface area (Å²) < 4.78 is 11.7. The van der Waals surface area contributed by atoms with E-state index in [1.807, 2.05) is 30.3 Å². The van der Waals surface area contributed by atoms with Gasteiger partial charge in [0.15, 0.2) is 17.3 Å². The van der Waals surface area contributed by atoms with Gasteiger partial charge in [0.2, 0.25) is 0 Å². The number of Topliss-reactive ketones (excluding diaryl/α,β-unsaturated/α-hetero) is 1. The fourth-order valence-electron chi connectivity index (χ4n) is 1.89. The maximum atomic E-state index is 11.8. The first-order valence-corrected chi connectivity index (χ1v) is 7.23. The van der Waals surface area contributed by atoms with E-state index in [-0.39, 0.29) is 12.3 Å². The normalized spacial score (nSPS) is 10.2. The Bertz CT molecular complexity index is 629. The number of carbonyl (C=O) groups excluding carboxylic acids is 1. The van der Waals surface area contributed by atoms with Crippen LogP contribution in [0, 0.1) is 0 Å². The van der Waals surface area contributed by atoms with Crippen molar-refractivity contribution in [3.05, 3.63) is 58.1 Å². The largest absolute Gasteiger partial charge is 0.493 e. The Hall–Kier alpha value is -1.85. The molecule has 0 radical (unpaired) electrons. The van der Waals surface area contributed by atoms with Crippen molar-refractivity contribution in [3.8, 4) is 11.5 Å². The third-order valence-corrected chi connectivity index (χ3v) is 3.78. The van der Waals surface area contributed by atoms with E-state index in [9.17, 15) is 4.79 Å². The standard InChI is InChI=1S/C16H16BrNO3/c1-20-14-8-7-12(13(19)9-18)15(17)16(14)21-10-11-5-3-2-4-6-11/h2-8H,9-10,18H2,1H3. The van der Waals surface area contributed by atoms with Gasteiger partial charge in [-0.15, -0.1) is 0 Å². The predicted octanol–water partition coefficient (Wildman–Crippen LogP) is 3.18. The van der Waals surface area contributed by atoms with E-state index in [0.717, 1.165) is 5.56 Å². The third-order valence-electron chi connectivity index (χ3n) is 2.99. The Kier molecular flexibility index (Phi) is 5.36. The van der Waals surface area contributed by atoms with Gasteiger partial charge in [0, 0.05) is 5.56 Å². The van der Waals surface area contributed by atoms with Crippen LogP contribution in [0.25, 0.3) is 0 Å². The summed E-state index contributed by atoms with van der Waals surface area (Å²) in [6, 6.07) is 13.1. The van der Waals surface area contributed by atoms with Gasteiger partial charge in [0.25, 0.3) is 0 Å². The first-order chi connectivity index (χ1) is 10.2. The highest BCUT2D eigenvalue weighted by Crippen LogP contribution is 2.38. The van der Waals surface area contributed by atoms with E-state index in [1.165, 1.54) is 0 Å². The molecule has 0 spiro atoms. The number of carbonyl (C=O) groups is 1. The second-order valence-corrected chi connectivity index (χ2v) is 5.15. The number of methoxy groups -OCH3 is 1. The lowest BCUT2D eigenvalue weighted by Crippen LogP contribution is -2.14. The first kappa shape index (κ1) is 15.5. The molecular formula is C16H16BrNO3. The van der Waals surface area contributed by atoms with E-state index >= 15 is 0 Å². The van der Waals surface area contributed by atoms with Crippen molar-refractivity contribution in [2.24, 2.45) is 5.73 Å². The molecule has 0 fully saturated rings. The molecule has 0 bridgehead atoms. The summed E-state index contributed by atoms with van der Waals surface area (Å²) in [5.41, 5.74) is 6.93. The number of benzene rings is 2. The Morgan fingerprint density at radius 3 is 2.52 bits per heavy atom. The van der Waals surface area contributed by atoms with Crippen LogP contribution in [-0.2, 0) is 6.61 Å². The summed E-state index contributed by atoms with van der Waals surface area (Å²) in [6.45, 7) is 0.332. The zero-order valence-corrected chi connectivity index (χ0v) is 13.2. The summed E-state index contributed by atoms with van der Waals surface area (Å²) >= 11 is 3.41. The molecule has 0 saturated carbocycles. The summed E-state index contributed by atoms with van der Waals surface area (Å²) in [6.07, 6.45) is 0. The average molecular weight is 350 g/mol. The molecular weight excluding hydrogens is 334 g/mol. The summed E-state index contributed by atoms with van der Waals surface area (Å²) in [7, 11) is 1.56. The second kappa shape index (κ2) is 7.24. The highest BCUT2D eigenvalue weighted by atomic mass is 79.9. The van der Waals surface area contributed by atoms with Crippen LogP contribution in [-0.4, -0.2) is 19.4 Å². The molecule has 2 aromatic rings. The number of nitrogens with two attached hydrogens (primary N) is 1. The number of hydrogen-bond acceptors (Lipinski definition) is 4. The van der Waals surface area contributed by atoms with Gasteiger partial charge in [-0.25, -0.2) is 0 Å². The van der Waals surface area contributed by atoms with Crippen molar-refractivity contribution in [2.45, 2.75) is 6.61 Å². The molecule has 2 rings (SSSR count). The van der Waals surface area contributed by atoms with Crippen LogP contribution in [0.15, 0.2) is 46.9 Å². The van der Waals surface area contributed by atoms with Gasteiger partial charge >= 0.3 is 0 Å². The Morgan fingerprint density at radius 2 is 1.90 bits per heavy atom. The molecule has 0 aliphatic rings. The quantitative estimate of drug-likeness (QED) is 0.813. The van der Waals surface area contributed by atoms with E-state index in [2.05, 4.69) is 15.9 Å². The van der Waals surface area contributed by atoms with Crippen LogP contribution < -0.4 is 15.2 Å². The van der Waals surface area contributed by atoms with E-state index < -0.39 is 0 Å². The fraction of sp³-hybridized carbons (Fsp3) is 0.188. The molecule has 0 aliphatic carbocycles. The maximum Gasteiger partial charge on any atom is 0.177 e. The molecule has 0 heterocycles. The SMILES string of the molecule is COc1ccc(C(=O)CN)c(Br)c1OCc1ccccc1. The van der Waals surface area contributed by atoms with Crippen LogP contribution >= 0.6 is 15.9 Å². The Labute approximate surface area is 132 Å². The minimum absolute atomic E-state index is 0.0525. The maximum absolute atomic E-state index is 11.8. The topological polar surface area (TPSA) is 61.5 Å². The van der Waals surface area contributed by atoms with Gasteiger partial charge in [0.05, 0.1) is 18.1 Å². The van der Waals surface area contributed by atoms with Gasteiger partial charge in [-0.05, 0) is 33.6 Å². The second-order valence-electron chi connectivity index (χ2n) is 4.36. The molecule has 0 aliphatic heterocycles. The van der Waals surface area contributed by atoms with Gasteiger partial charge in [0.1, 0.15) is 6.61 Å². The zero-order valence-electron chi connectivity index (χ0n) is 11.6. The Morgan fingerprint density at radius 1 is 1.19 bits per heavy atom. The molecule has 0 saturated heterocycles. The van der Waals surface area contributed by atoms with Crippen LogP contribution in [0.5, 0.6) is 11.5 Å². The molecule has 2 N–H and O–H groups in total. The lowest BCUT2D eigenvalue weighted by Gasteiger charge is -2.14. The molecule has 0 amide bonds. The van der Waals surface area contributed by atoms with Crippen molar-refractivity contribution in [2.75, 3.05) is 13.7 Å². The lowest BCUT2D eigenvalue weighted by atomic mass is 10.1. The molecule has 0 aromatic heterocycles. The van der Waals surface area contributed by atoms with Crippen LogP contribution in [0.4, 0.5) is 0 Å². The average Bonchev–Trinajstić information content (AvgIpc) is 2.53. The van der Waals surface area contributed by atoms with Crippen molar-refractivity contribution < 1.29 is 14.3 Å². The minimum Gasteiger partial charge on any atom is -0.493 e. The van der Waals surface area contributed by atoms with Crippen molar-refractivity contribution in [1.29, 1.82) is 0 Å².